The number of nitrogens with one attached hydrogen (secondary N) is 2. The van der Waals surface area contributed by atoms with Crippen molar-refractivity contribution in [3.05, 3.63) is 71.7 Å². The number of hydrogen-bond donors (Lipinski definition) is 2. The van der Waals surface area contributed by atoms with Gasteiger partial charge < -0.3 is 15.0 Å². The van der Waals surface area contributed by atoms with Gasteiger partial charge in [-0.15, -0.1) is 0 Å². The Hall–Kier alpha value is -3.15. The fourth-order valence-corrected chi connectivity index (χ4v) is 2.80. The molecular weight excluding hydrogens is 335 g/mol. The van der Waals surface area contributed by atoms with E-state index in [1.807, 2.05) is 30.5 Å². The van der Waals surface area contributed by atoms with Crippen LogP contribution in [0.25, 0.3) is 10.9 Å². The fourth-order valence-electron chi connectivity index (χ4n) is 2.80. The van der Waals surface area contributed by atoms with Crippen molar-refractivity contribution in [2.75, 3.05) is 6.61 Å². The maximum absolute atomic E-state index is 13.0. The normalized spacial score (nSPS) is 11.9. The van der Waals surface area contributed by atoms with Crippen LogP contribution < -0.4 is 5.32 Å². The molecule has 1 amide bonds. The van der Waals surface area contributed by atoms with Crippen molar-refractivity contribution in [2.45, 2.75) is 19.4 Å². The number of H-pyrrole nitrogens is 1. The van der Waals surface area contributed by atoms with Crippen molar-refractivity contribution < 1.29 is 18.7 Å². The van der Waals surface area contributed by atoms with E-state index < -0.39 is 23.7 Å². The third-order valence-electron chi connectivity index (χ3n) is 4.08. The van der Waals surface area contributed by atoms with E-state index in [0.717, 1.165) is 16.5 Å². The first kappa shape index (κ1) is 17.7. The van der Waals surface area contributed by atoms with Gasteiger partial charge in [0.25, 0.3) is 5.91 Å². The second kappa shape index (κ2) is 7.82. The highest BCUT2D eigenvalue weighted by Crippen LogP contribution is 2.19. The zero-order chi connectivity index (χ0) is 18.5. The van der Waals surface area contributed by atoms with Crippen molar-refractivity contribution >= 4 is 22.8 Å². The van der Waals surface area contributed by atoms with Crippen LogP contribution in [0, 0.1) is 5.82 Å². The summed E-state index contributed by atoms with van der Waals surface area (Å²) in [6, 6.07) is 12.0. The Morgan fingerprint density at radius 3 is 2.62 bits per heavy atom. The molecule has 0 bridgehead atoms. The molecule has 5 nitrogen and oxygen atoms in total. The number of carbonyl (C=O) groups excluding carboxylic acids is 2. The molecule has 0 aliphatic carbocycles. The molecule has 1 heterocycles. The molecule has 0 unspecified atom stereocenters. The lowest BCUT2D eigenvalue weighted by atomic mass is 10.0. The van der Waals surface area contributed by atoms with Crippen molar-refractivity contribution in [1.82, 2.24) is 10.3 Å². The monoisotopic (exact) mass is 354 g/mol. The summed E-state index contributed by atoms with van der Waals surface area (Å²) in [4.78, 5) is 27.9. The molecule has 0 saturated carbocycles. The Morgan fingerprint density at radius 1 is 1.15 bits per heavy atom. The van der Waals surface area contributed by atoms with E-state index >= 15 is 0 Å². The quantitative estimate of drug-likeness (QED) is 0.668. The number of para-hydroxylation sites is 1. The molecular formula is C20H19FN2O3. The summed E-state index contributed by atoms with van der Waals surface area (Å²) in [5, 5.41) is 3.67. The van der Waals surface area contributed by atoms with Crippen molar-refractivity contribution in [1.29, 1.82) is 0 Å². The summed E-state index contributed by atoms with van der Waals surface area (Å²) >= 11 is 0. The van der Waals surface area contributed by atoms with Crippen LogP contribution in [0.5, 0.6) is 0 Å². The van der Waals surface area contributed by atoms with Gasteiger partial charge in [-0.2, -0.15) is 0 Å². The zero-order valence-corrected chi connectivity index (χ0v) is 14.3. The van der Waals surface area contributed by atoms with Crippen LogP contribution in [0.1, 0.15) is 22.8 Å². The van der Waals surface area contributed by atoms with Gasteiger partial charge in [-0.3, -0.25) is 4.79 Å². The van der Waals surface area contributed by atoms with Crippen LogP contribution in [0.2, 0.25) is 0 Å². The third-order valence-corrected chi connectivity index (χ3v) is 4.08. The Labute approximate surface area is 150 Å². The van der Waals surface area contributed by atoms with E-state index in [2.05, 4.69) is 10.3 Å². The molecule has 134 valence electrons. The lowest BCUT2D eigenvalue weighted by molar-refractivity contribution is -0.145. The zero-order valence-electron chi connectivity index (χ0n) is 14.3. The summed E-state index contributed by atoms with van der Waals surface area (Å²) in [5.74, 6) is -1.39. The summed E-state index contributed by atoms with van der Waals surface area (Å²) in [6.07, 6.45) is 2.11. The average Bonchev–Trinajstić information content (AvgIpc) is 3.05. The average molecular weight is 354 g/mol. The minimum Gasteiger partial charge on any atom is -0.464 e. The van der Waals surface area contributed by atoms with Gasteiger partial charge in [0.05, 0.1) is 6.61 Å². The molecule has 0 radical (unpaired) electrons. The van der Waals surface area contributed by atoms with E-state index in [1.165, 1.54) is 24.3 Å². The first-order valence-electron chi connectivity index (χ1n) is 8.36. The number of aromatic nitrogens is 1. The molecule has 0 fully saturated rings. The van der Waals surface area contributed by atoms with Crippen LogP contribution in [0.4, 0.5) is 4.39 Å². The Balaban J connectivity index is 1.82. The van der Waals surface area contributed by atoms with Gasteiger partial charge in [0.2, 0.25) is 0 Å². The lowest BCUT2D eigenvalue weighted by Crippen LogP contribution is -2.43. The fraction of sp³-hybridized carbons (Fsp3) is 0.200. The third kappa shape index (κ3) is 3.91. The molecule has 1 aromatic heterocycles. The predicted molar refractivity (Wildman–Crippen MR) is 96.3 cm³/mol. The maximum Gasteiger partial charge on any atom is 0.328 e. The number of amides is 1. The SMILES string of the molecule is CCOC(=O)[C@H](Cc1c[nH]c2ccccc12)NC(=O)c1ccc(F)cc1. The highest BCUT2D eigenvalue weighted by molar-refractivity contribution is 5.97. The molecule has 3 rings (SSSR count). The Bertz CT molecular complexity index is 918. The first-order valence-corrected chi connectivity index (χ1v) is 8.36. The van der Waals surface area contributed by atoms with Gasteiger partial charge in [0.15, 0.2) is 0 Å². The summed E-state index contributed by atoms with van der Waals surface area (Å²) in [5.41, 5.74) is 2.13. The number of aromatic amines is 1. The van der Waals surface area contributed by atoms with Crippen LogP contribution in [0.15, 0.2) is 54.7 Å². The molecule has 0 aliphatic heterocycles. The van der Waals surface area contributed by atoms with Gasteiger partial charge in [-0.05, 0) is 42.8 Å². The topological polar surface area (TPSA) is 71.2 Å². The second-order valence-electron chi connectivity index (χ2n) is 5.85. The highest BCUT2D eigenvalue weighted by atomic mass is 19.1. The van der Waals surface area contributed by atoms with Gasteiger partial charge in [0.1, 0.15) is 11.9 Å². The largest absolute Gasteiger partial charge is 0.464 e. The molecule has 0 aliphatic rings. The van der Waals surface area contributed by atoms with Gasteiger partial charge in [-0.25, -0.2) is 9.18 Å². The van der Waals surface area contributed by atoms with Crippen LogP contribution >= 0.6 is 0 Å². The van der Waals surface area contributed by atoms with E-state index in [0.29, 0.717) is 0 Å². The van der Waals surface area contributed by atoms with Gasteiger partial charge in [0, 0.05) is 29.1 Å². The summed E-state index contributed by atoms with van der Waals surface area (Å²) in [7, 11) is 0. The molecule has 3 aromatic rings. The number of ether oxygens (including phenoxy) is 1. The predicted octanol–water partition coefficient (Wildman–Crippen LogP) is 3.21. The smallest absolute Gasteiger partial charge is 0.328 e. The van der Waals surface area contributed by atoms with Crippen molar-refractivity contribution in [2.24, 2.45) is 0 Å². The van der Waals surface area contributed by atoms with Gasteiger partial charge in [-0.1, -0.05) is 18.2 Å². The number of fused-ring (bicyclic) bond motifs is 1. The summed E-state index contributed by atoms with van der Waals surface area (Å²) in [6.45, 7) is 1.93. The Morgan fingerprint density at radius 2 is 1.88 bits per heavy atom. The standard InChI is InChI=1S/C20H19FN2O3/c1-2-26-20(25)18(23-19(24)13-7-9-15(21)10-8-13)11-14-12-22-17-6-4-3-5-16(14)17/h3-10,12,18,22H,2,11H2,1H3,(H,23,24)/t18-/m0/s1. The molecule has 0 spiro atoms. The van der Waals surface area contributed by atoms with Gasteiger partial charge >= 0.3 is 5.97 Å². The number of halogens is 1. The second-order valence-corrected chi connectivity index (χ2v) is 5.85. The number of benzene rings is 2. The van der Waals surface area contributed by atoms with Crippen molar-refractivity contribution in [3.63, 3.8) is 0 Å². The van der Waals surface area contributed by atoms with E-state index in [-0.39, 0.29) is 18.6 Å². The van der Waals surface area contributed by atoms with Crippen LogP contribution in [-0.4, -0.2) is 29.5 Å². The number of rotatable bonds is 6. The van der Waals surface area contributed by atoms with E-state index in [9.17, 15) is 14.0 Å². The molecule has 2 aromatic carbocycles. The molecule has 1 atom stereocenters. The molecule has 26 heavy (non-hydrogen) atoms. The minimum atomic E-state index is -0.841. The molecule has 2 N–H and O–H groups in total. The number of carbonyl (C=O) groups is 2. The number of hydrogen-bond acceptors (Lipinski definition) is 3. The van der Waals surface area contributed by atoms with E-state index in [1.54, 1.807) is 6.92 Å². The highest BCUT2D eigenvalue weighted by Gasteiger charge is 2.24. The lowest BCUT2D eigenvalue weighted by Gasteiger charge is -2.17. The van der Waals surface area contributed by atoms with Crippen LogP contribution in [0.3, 0.4) is 0 Å². The number of esters is 1. The van der Waals surface area contributed by atoms with Crippen LogP contribution in [-0.2, 0) is 16.0 Å². The molecule has 0 saturated heterocycles. The first-order chi connectivity index (χ1) is 12.6. The molecule has 6 heteroatoms. The van der Waals surface area contributed by atoms with E-state index in [4.69, 9.17) is 4.74 Å². The maximum atomic E-state index is 13.0. The van der Waals surface area contributed by atoms with Crippen molar-refractivity contribution in [3.8, 4) is 0 Å². The Kier molecular flexibility index (Phi) is 5.31. The summed E-state index contributed by atoms with van der Waals surface area (Å²) < 4.78 is 18.1. The minimum absolute atomic E-state index is 0.218.